The zero-order valence-electron chi connectivity index (χ0n) is 16.9. The second-order valence-corrected chi connectivity index (χ2v) is 9.08. The first kappa shape index (κ1) is 20.0. The van der Waals surface area contributed by atoms with Gasteiger partial charge in [0.25, 0.3) is 0 Å². The topological polar surface area (TPSA) is 80.9 Å². The fraction of sp³-hybridized carbons (Fsp3) is 0.545. The van der Waals surface area contributed by atoms with E-state index in [0.29, 0.717) is 18.1 Å². The highest BCUT2D eigenvalue weighted by atomic mass is 32.1. The number of carbonyl (C=O) groups is 1. The average molecular weight is 413 g/mol. The van der Waals surface area contributed by atoms with Crippen molar-refractivity contribution in [3.8, 4) is 0 Å². The third-order valence-corrected chi connectivity index (χ3v) is 6.77. The van der Waals surface area contributed by atoms with Crippen LogP contribution in [0.25, 0.3) is 10.2 Å². The van der Waals surface area contributed by atoms with Gasteiger partial charge in [-0.2, -0.15) is 4.98 Å². The smallest absolute Gasteiger partial charge is 0.223 e. The maximum Gasteiger partial charge on any atom is 0.223 e. The Hall–Kier alpha value is -2.28. The van der Waals surface area contributed by atoms with Crippen LogP contribution in [0.3, 0.4) is 0 Å². The first-order valence-electron chi connectivity index (χ1n) is 10.6. The fourth-order valence-electron chi connectivity index (χ4n) is 4.15. The molecule has 0 bridgehead atoms. The SMILES string of the molecule is Cc1nc(C2(NC(=O)CCCCc3nc4ccccc4s3)CCCCCC2)no1. The van der Waals surface area contributed by atoms with Crippen LogP contribution in [0.1, 0.15) is 74.5 Å². The Morgan fingerprint density at radius 2 is 1.93 bits per heavy atom. The summed E-state index contributed by atoms with van der Waals surface area (Å²) in [5.74, 6) is 1.27. The molecule has 0 unspecified atom stereocenters. The number of nitrogens with one attached hydrogen (secondary N) is 1. The number of nitrogens with zero attached hydrogens (tertiary/aromatic N) is 3. The summed E-state index contributed by atoms with van der Waals surface area (Å²) in [4.78, 5) is 21.9. The standard InChI is InChI=1S/C22H28N4O2S/c1-16-23-21(26-28-16)22(14-8-2-3-9-15-22)25-19(27)12-6-7-13-20-24-17-10-4-5-11-18(17)29-20/h4-5,10-11H,2-3,6-9,12-15H2,1H3,(H,25,27). The molecule has 1 saturated carbocycles. The van der Waals surface area contributed by atoms with Crippen molar-refractivity contribution in [2.45, 2.75) is 76.7 Å². The van der Waals surface area contributed by atoms with E-state index in [1.807, 2.05) is 12.1 Å². The molecule has 0 aliphatic heterocycles. The van der Waals surface area contributed by atoms with Crippen LogP contribution < -0.4 is 5.32 Å². The molecule has 2 heterocycles. The highest BCUT2D eigenvalue weighted by molar-refractivity contribution is 7.18. The normalized spacial score (nSPS) is 16.6. The lowest BCUT2D eigenvalue weighted by molar-refractivity contribution is -0.123. The number of aromatic nitrogens is 3. The number of unbranched alkanes of at least 4 members (excludes halogenated alkanes) is 1. The zero-order chi connectivity index (χ0) is 20.1. The van der Waals surface area contributed by atoms with Crippen LogP contribution in [0.5, 0.6) is 0 Å². The highest BCUT2D eigenvalue weighted by Crippen LogP contribution is 2.34. The van der Waals surface area contributed by atoms with Crippen LogP contribution >= 0.6 is 11.3 Å². The summed E-state index contributed by atoms with van der Waals surface area (Å²) in [5.41, 5.74) is 0.592. The molecule has 1 aliphatic rings. The Morgan fingerprint density at radius 1 is 1.14 bits per heavy atom. The minimum atomic E-state index is -0.474. The molecule has 0 spiro atoms. The Kier molecular flexibility index (Phi) is 6.23. The number of hydrogen-bond donors (Lipinski definition) is 1. The molecular weight excluding hydrogens is 384 g/mol. The van der Waals surface area contributed by atoms with Gasteiger partial charge in [-0.3, -0.25) is 4.79 Å². The van der Waals surface area contributed by atoms with Gasteiger partial charge in [-0.05, 0) is 44.2 Å². The quantitative estimate of drug-likeness (QED) is 0.433. The molecule has 1 fully saturated rings. The molecule has 7 heteroatoms. The van der Waals surface area contributed by atoms with Crippen LogP contribution in [0.4, 0.5) is 0 Å². The predicted octanol–water partition coefficient (Wildman–Crippen LogP) is 5.07. The molecule has 1 N–H and O–H groups in total. The number of para-hydroxylation sites is 1. The predicted molar refractivity (Wildman–Crippen MR) is 114 cm³/mol. The number of aryl methyl sites for hydroxylation is 2. The summed E-state index contributed by atoms with van der Waals surface area (Å²) in [7, 11) is 0. The van der Waals surface area contributed by atoms with Gasteiger partial charge in [0.1, 0.15) is 5.54 Å². The van der Waals surface area contributed by atoms with E-state index < -0.39 is 5.54 Å². The maximum absolute atomic E-state index is 12.8. The number of fused-ring (bicyclic) bond motifs is 1. The lowest BCUT2D eigenvalue weighted by Gasteiger charge is -2.30. The molecular formula is C22H28N4O2S. The molecule has 29 heavy (non-hydrogen) atoms. The van der Waals surface area contributed by atoms with E-state index in [2.05, 4.69) is 32.6 Å². The van der Waals surface area contributed by atoms with Crippen LogP contribution in [-0.4, -0.2) is 21.0 Å². The van der Waals surface area contributed by atoms with Crippen molar-refractivity contribution in [2.75, 3.05) is 0 Å². The number of carbonyl (C=O) groups excluding carboxylic acids is 1. The highest BCUT2D eigenvalue weighted by Gasteiger charge is 2.38. The molecule has 0 radical (unpaired) electrons. The number of hydrogen-bond acceptors (Lipinski definition) is 6. The van der Waals surface area contributed by atoms with Crippen molar-refractivity contribution < 1.29 is 9.32 Å². The van der Waals surface area contributed by atoms with Crippen molar-refractivity contribution in [1.82, 2.24) is 20.4 Å². The van der Waals surface area contributed by atoms with Gasteiger partial charge in [0.2, 0.25) is 11.8 Å². The van der Waals surface area contributed by atoms with Crippen molar-refractivity contribution >= 4 is 27.5 Å². The summed E-state index contributed by atoms with van der Waals surface area (Å²) in [6.07, 6.45) is 9.53. The zero-order valence-corrected chi connectivity index (χ0v) is 17.8. The van der Waals surface area contributed by atoms with Gasteiger partial charge in [-0.1, -0.05) is 43.0 Å². The Balaban J connectivity index is 1.32. The maximum atomic E-state index is 12.8. The number of rotatable bonds is 7. The Morgan fingerprint density at radius 3 is 2.66 bits per heavy atom. The van der Waals surface area contributed by atoms with Gasteiger partial charge in [0, 0.05) is 13.3 Å². The number of benzene rings is 1. The molecule has 1 amide bonds. The molecule has 2 aromatic heterocycles. The van der Waals surface area contributed by atoms with E-state index in [1.54, 1.807) is 18.3 Å². The van der Waals surface area contributed by atoms with Crippen LogP contribution in [0.15, 0.2) is 28.8 Å². The number of thiazole rings is 1. The van der Waals surface area contributed by atoms with Crippen molar-refractivity contribution in [3.05, 3.63) is 41.0 Å². The number of amides is 1. The second kappa shape index (κ2) is 9.03. The summed E-state index contributed by atoms with van der Waals surface area (Å²) >= 11 is 1.75. The molecule has 154 valence electrons. The van der Waals surface area contributed by atoms with Gasteiger partial charge in [0.15, 0.2) is 5.82 Å². The van der Waals surface area contributed by atoms with Crippen molar-refractivity contribution in [1.29, 1.82) is 0 Å². The summed E-state index contributed by atoms with van der Waals surface area (Å²) in [6, 6.07) is 8.22. The molecule has 1 aliphatic carbocycles. The van der Waals surface area contributed by atoms with Gasteiger partial charge in [-0.15, -0.1) is 11.3 Å². The van der Waals surface area contributed by atoms with E-state index in [1.165, 1.54) is 17.5 Å². The van der Waals surface area contributed by atoms with Gasteiger partial charge >= 0.3 is 0 Å². The molecule has 6 nitrogen and oxygen atoms in total. The van der Waals surface area contributed by atoms with Crippen molar-refractivity contribution in [3.63, 3.8) is 0 Å². The molecule has 4 rings (SSSR count). The van der Waals surface area contributed by atoms with Gasteiger partial charge in [-0.25, -0.2) is 4.98 Å². The van der Waals surface area contributed by atoms with Crippen LogP contribution in [-0.2, 0) is 16.8 Å². The lowest BCUT2D eigenvalue weighted by Crippen LogP contribution is -2.46. The van der Waals surface area contributed by atoms with E-state index in [9.17, 15) is 4.79 Å². The summed E-state index contributed by atoms with van der Waals surface area (Å²) in [6.45, 7) is 1.80. The third kappa shape index (κ3) is 4.83. The van der Waals surface area contributed by atoms with Crippen LogP contribution in [0.2, 0.25) is 0 Å². The first-order chi connectivity index (χ1) is 14.1. The van der Waals surface area contributed by atoms with E-state index in [0.717, 1.165) is 55.5 Å². The minimum absolute atomic E-state index is 0.0821. The van der Waals surface area contributed by atoms with Gasteiger partial charge < -0.3 is 9.84 Å². The molecule has 1 aromatic carbocycles. The lowest BCUT2D eigenvalue weighted by atomic mass is 9.89. The Bertz CT molecular complexity index is 924. The first-order valence-corrected chi connectivity index (χ1v) is 11.4. The molecule has 3 aromatic rings. The fourth-order valence-corrected chi connectivity index (χ4v) is 5.16. The van der Waals surface area contributed by atoms with E-state index in [4.69, 9.17) is 4.52 Å². The largest absolute Gasteiger partial charge is 0.343 e. The summed E-state index contributed by atoms with van der Waals surface area (Å²) < 4.78 is 6.45. The van der Waals surface area contributed by atoms with Crippen LogP contribution in [0, 0.1) is 6.92 Å². The van der Waals surface area contributed by atoms with Gasteiger partial charge in [0.05, 0.1) is 15.2 Å². The van der Waals surface area contributed by atoms with E-state index in [-0.39, 0.29) is 5.91 Å². The Labute approximate surface area is 175 Å². The monoisotopic (exact) mass is 412 g/mol. The molecule has 0 atom stereocenters. The molecule has 0 saturated heterocycles. The second-order valence-electron chi connectivity index (χ2n) is 7.96. The minimum Gasteiger partial charge on any atom is -0.343 e. The summed E-state index contributed by atoms with van der Waals surface area (Å²) in [5, 5.41) is 8.59. The average Bonchev–Trinajstić information content (AvgIpc) is 3.26. The third-order valence-electron chi connectivity index (χ3n) is 5.67. The van der Waals surface area contributed by atoms with E-state index >= 15 is 0 Å². The van der Waals surface area contributed by atoms with Crippen molar-refractivity contribution in [2.24, 2.45) is 0 Å².